The van der Waals surface area contributed by atoms with Crippen LogP contribution < -0.4 is 9.47 Å². The predicted molar refractivity (Wildman–Crippen MR) is 164 cm³/mol. The monoisotopic (exact) mass is 566 g/mol. The molecule has 0 amide bonds. The van der Waals surface area contributed by atoms with Gasteiger partial charge < -0.3 is 24.8 Å². The standard InChI is InChI=1S/C36H38O6/c1-5-28(36(39)40)35-31-11-7-6-10-30(31)33-17-26(13-14-32(33)35)41-19-24-9-8-12-29(23(24)4)34-21(2)15-27(16-22(34)3)42-20-25(38)18-37/h6-17,25,28,35,37-38H,5,18-20H2,1-4H3,(H,39,40)/t25-,28?,35?/m1/s1. The third-order valence-corrected chi connectivity index (χ3v) is 8.37. The molecule has 0 fully saturated rings. The molecule has 3 atom stereocenters. The molecule has 0 aromatic heterocycles. The first-order chi connectivity index (χ1) is 20.2. The van der Waals surface area contributed by atoms with Crippen molar-refractivity contribution in [3.8, 4) is 33.8 Å². The van der Waals surface area contributed by atoms with Crippen molar-refractivity contribution in [2.75, 3.05) is 13.2 Å². The van der Waals surface area contributed by atoms with Gasteiger partial charge in [0.25, 0.3) is 0 Å². The van der Waals surface area contributed by atoms with Gasteiger partial charge in [-0.05, 0) is 107 Å². The van der Waals surface area contributed by atoms with Crippen molar-refractivity contribution in [1.29, 1.82) is 0 Å². The molecule has 3 N–H and O–H groups in total. The Bertz CT molecular complexity index is 1580. The smallest absolute Gasteiger partial charge is 0.307 e. The molecule has 2 unspecified atom stereocenters. The zero-order valence-corrected chi connectivity index (χ0v) is 24.6. The van der Waals surface area contributed by atoms with Gasteiger partial charge in [-0.25, -0.2) is 0 Å². The molecular formula is C36H38O6. The summed E-state index contributed by atoms with van der Waals surface area (Å²) in [7, 11) is 0. The van der Waals surface area contributed by atoms with Crippen LogP contribution >= 0.6 is 0 Å². The van der Waals surface area contributed by atoms with Crippen molar-refractivity contribution < 1.29 is 29.6 Å². The highest BCUT2D eigenvalue weighted by atomic mass is 16.5. The SMILES string of the molecule is CCC(C(=O)O)C1c2ccccc2-c2cc(OCc3cccc(-c4c(C)cc(OC[C@H](O)CO)cc4C)c3C)ccc21. The number of carboxylic acids is 1. The zero-order chi connectivity index (χ0) is 30.0. The van der Waals surface area contributed by atoms with Crippen molar-refractivity contribution in [1.82, 2.24) is 0 Å². The Morgan fingerprint density at radius 1 is 0.833 bits per heavy atom. The van der Waals surface area contributed by atoms with E-state index in [1.54, 1.807) is 0 Å². The molecule has 0 aliphatic heterocycles. The summed E-state index contributed by atoms with van der Waals surface area (Å²) < 4.78 is 12.0. The van der Waals surface area contributed by atoms with Gasteiger partial charge in [-0.3, -0.25) is 4.79 Å². The zero-order valence-electron chi connectivity index (χ0n) is 24.6. The fourth-order valence-electron chi connectivity index (χ4n) is 6.25. The van der Waals surface area contributed by atoms with Crippen LogP contribution in [0.4, 0.5) is 0 Å². The number of aliphatic carboxylic acids is 1. The number of aryl methyl sites for hydroxylation is 2. The minimum atomic E-state index is -0.913. The highest BCUT2D eigenvalue weighted by molar-refractivity contribution is 5.83. The van der Waals surface area contributed by atoms with Crippen LogP contribution in [0.15, 0.2) is 72.8 Å². The highest BCUT2D eigenvalue weighted by Crippen LogP contribution is 2.50. The van der Waals surface area contributed by atoms with Crippen LogP contribution in [0.3, 0.4) is 0 Å². The Morgan fingerprint density at radius 2 is 1.52 bits per heavy atom. The van der Waals surface area contributed by atoms with Crippen molar-refractivity contribution >= 4 is 5.97 Å². The number of ether oxygens (including phenoxy) is 2. The van der Waals surface area contributed by atoms with Gasteiger partial charge in [0, 0.05) is 5.92 Å². The minimum absolute atomic E-state index is 0.0360. The Kier molecular flexibility index (Phi) is 8.66. The summed E-state index contributed by atoms with van der Waals surface area (Å²) in [6.07, 6.45) is -0.354. The number of carbonyl (C=O) groups is 1. The Balaban J connectivity index is 1.39. The van der Waals surface area contributed by atoms with Gasteiger partial charge in [0.15, 0.2) is 0 Å². The number of aliphatic hydroxyl groups excluding tert-OH is 2. The number of benzene rings is 4. The van der Waals surface area contributed by atoms with E-state index in [0.717, 1.165) is 61.4 Å². The molecule has 218 valence electrons. The van der Waals surface area contributed by atoms with Gasteiger partial charge in [0.05, 0.1) is 12.5 Å². The second-order valence-electron chi connectivity index (χ2n) is 11.1. The molecule has 0 saturated carbocycles. The molecule has 0 spiro atoms. The van der Waals surface area contributed by atoms with Crippen LogP contribution in [0.25, 0.3) is 22.3 Å². The first-order valence-electron chi connectivity index (χ1n) is 14.4. The lowest BCUT2D eigenvalue weighted by molar-refractivity contribution is -0.142. The van der Waals surface area contributed by atoms with E-state index in [2.05, 4.69) is 25.1 Å². The third kappa shape index (κ3) is 5.65. The third-order valence-electron chi connectivity index (χ3n) is 8.37. The molecule has 1 aliphatic rings. The molecule has 42 heavy (non-hydrogen) atoms. The van der Waals surface area contributed by atoms with Crippen molar-refractivity contribution in [3.05, 3.63) is 106 Å². The Morgan fingerprint density at radius 3 is 2.21 bits per heavy atom. The number of hydrogen-bond acceptors (Lipinski definition) is 5. The maximum atomic E-state index is 12.1. The summed E-state index contributed by atoms with van der Waals surface area (Å²) in [5.41, 5.74) is 10.8. The normalized spacial score (nSPS) is 15.0. The summed E-state index contributed by atoms with van der Waals surface area (Å²) in [6, 6.07) is 24.3. The molecule has 4 aromatic carbocycles. The lowest BCUT2D eigenvalue weighted by Crippen LogP contribution is -2.21. The summed E-state index contributed by atoms with van der Waals surface area (Å²) in [6.45, 7) is 8.22. The lowest BCUT2D eigenvalue weighted by atomic mass is 9.82. The van der Waals surface area contributed by atoms with Gasteiger partial charge in [0.1, 0.15) is 30.8 Å². The number of carboxylic acid groups (broad SMARTS) is 1. The molecule has 4 aromatic rings. The average Bonchev–Trinajstić information content (AvgIpc) is 3.29. The molecule has 0 saturated heterocycles. The molecule has 6 heteroatoms. The Hall–Kier alpha value is -4.13. The highest BCUT2D eigenvalue weighted by Gasteiger charge is 2.37. The lowest BCUT2D eigenvalue weighted by Gasteiger charge is -2.21. The van der Waals surface area contributed by atoms with E-state index in [1.807, 2.05) is 75.4 Å². The van der Waals surface area contributed by atoms with E-state index in [1.165, 1.54) is 0 Å². The number of rotatable bonds is 11. The number of hydrogen-bond donors (Lipinski definition) is 3. The van der Waals surface area contributed by atoms with Crippen LogP contribution in [-0.2, 0) is 11.4 Å². The fourth-order valence-corrected chi connectivity index (χ4v) is 6.25. The number of fused-ring (bicyclic) bond motifs is 3. The first kappa shape index (κ1) is 29.4. The van der Waals surface area contributed by atoms with Crippen molar-refractivity contribution in [2.45, 2.75) is 52.7 Å². The maximum Gasteiger partial charge on any atom is 0.307 e. The molecule has 0 heterocycles. The second-order valence-corrected chi connectivity index (χ2v) is 11.1. The van der Waals surface area contributed by atoms with E-state index in [-0.39, 0.29) is 19.1 Å². The Labute approximate surface area is 247 Å². The summed E-state index contributed by atoms with van der Waals surface area (Å²) in [4.78, 5) is 12.1. The molecule has 0 bridgehead atoms. The maximum absolute atomic E-state index is 12.1. The summed E-state index contributed by atoms with van der Waals surface area (Å²) in [5, 5.41) is 28.6. The van der Waals surface area contributed by atoms with Gasteiger partial charge in [0.2, 0.25) is 0 Å². The summed E-state index contributed by atoms with van der Waals surface area (Å²) >= 11 is 0. The second kappa shape index (κ2) is 12.4. The molecule has 6 nitrogen and oxygen atoms in total. The number of aliphatic hydroxyl groups is 2. The summed E-state index contributed by atoms with van der Waals surface area (Å²) in [5.74, 6) is -0.0170. The van der Waals surface area contributed by atoms with Gasteiger partial charge in [-0.15, -0.1) is 0 Å². The van der Waals surface area contributed by atoms with Gasteiger partial charge in [-0.1, -0.05) is 55.5 Å². The first-order valence-corrected chi connectivity index (χ1v) is 14.4. The van der Waals surface area contributed by atoms with E-state index < -0.39 is 18.0 Å². The molecule has 1 aliphatic carbocycles. The van der Waals surface area contributed by atoms with E-state index in [9.17, 15) is 15.0 Å². The van der Waals surface area contributed by atoms with Crippen LogP contribution in [0.1, 0.15) is 52.6 Å². The van der Waals surface area contributed by atoms with Crippen LogP contribution in [-0.4, -0.2) is 40.6 Å². The van der Waals surface area contributed by atoms with E-state index in [0.29, 0.717) is 18.8 Å². The van der Waals surface area contributed by atoms with Gasteiger partial charge >= 0.3 is 5.97 Å². The van der Waals surface area contributed by atoms with Crippen LogP contribution in [0.2, 0.25) is 0 Å². The minimum Gasteiger partial charge on any atom is -0.491 e. The quantitative estimate of drug-likeness (QED) is 0.185. The average molecular weight is 567 g/mol. The predicted octanol–water partition coefficient (Wildman–Crippen LogP) is 6.81. The van der Waals surface area contributed by atoms with Crippen molar-refractivity contribution in [3.63, 3.8) is 0 Å². The van der Waals surface area contributed by atoms with Gasteiger partial charge in [-0.2, -0.15) is 0 Å². The largest absolute Gasteiger partial charge is 0.491 e. The fraction of sp³-hybridized carbons (Fsp3) is 0.306. The molecule has 5 rings (SSSR count). The van der Waals surface area contributed by atoms with E-state index in [4.69, 9.17) is 14.6 Å². The van der Waals surface area contributed by atoms with Crippen LogP contribution in [0, 0.1) is 26.7 Å². The molecular weight excluding hydrogens is 528 g/mol. The topological polar surface area (TPSA) is 96.2 Å². The van der Waals surface area contributed by atoms with Crippen molar-refractivity contribution in [2.24, 2.45) is 5.92 Å². The van der Waals surface area contributed by atoms with Crippen LogP contribution in [0.5, 0.6) is 11.5 Å². The molecule has 0 radical (unpaired) electrons. The van der Waals surface area contributed by atoms with E-state index >= 15 is 0 Å².